The summed E-state index contributed by atoms with van der Waals surface area (Å²) >= 11 is 3.34. The Labute approximate surface area is 161 Å². The summed E-state index contributed by atoms with van der Waals surface area (Å²) < 4.78 is 5.55. The van der Waals surface area contributed by atoms with Gasteiger partial charge in [0.2, 0.25) is 0 Å². The van der Waals surface area contributed by atoms with E-state index in [9.17, 15) is 19.7 Å². The van der Waals surface area contributed by atoms with Crippen LogP contribution in [0.15, 0.2) is 46.9 Å². The Morgan fingerprint density at radius 2 is 2.00 bits per heavy atom. The molecule has 0 unspecified atom stereocenters. The number of nitro benzene ring substituents is 1. The molecule has 0 aliphatic heterocycles. The van der Waals surface area contributed by atoms with Gasteiger partial charge in [-0.05, 0) is 40.5 Å². The quantitative estimate of drug-likeness (QED) is 0.360. The number of ether oxygens (including phenoxy) is 1. The van der Waals surface area contributed by atoms with Gasteiger partial charge < -0.3 is 15.0 Å². The van der Waals surface area contributed by atoms with Gasteiger partial charge in [0, 0.05) is 17.0 Å². The highest BCUT2D eigenvalue weighted by Crippen LogP contribution is 2.28. The summed E-state index contributed by atoms with van der Waals surface area (Å²) in [7, 11) is 0. The van der Waals surface area contributed by atoms with Crippen molar-refractivity contribution in [2.24, 2.45) is 0 Å². The van der Waals surface area contributed by atoms with Gasteiger partial charge in [-0.25, -0.2) is 4.79 Å². The number of fused-ring (bicyclic) bond motifs is 1. The number of para-hydroxylation sites is 1. The average Bonchev–Trinajstić information content (AvgIpc) is 2.98. The van der Waals surface area contributed by atoms with Gasteiger partial charge in [0.05, 0.1) is 9.40 Å². The van der Waals surface area contributed by atoms with E-state index in [1.54, 1.807) is 19.1 Å². The summed E-state index contributed by atoms with van der Waals surface area (Å²) in [6.07, 6.45) is 0. The number of aromatic nitrogens is 1. The molecule has 0 bridgehead atoms. The Bertz CT molecular complexity index is 1060. The fraction of sp³-hybridized carbons (Fsp3) is 0.111. The summed E-state index contributed by atoms with van der Waals surface area (Å²) in [6, 6.07) is 11.7. The van der Waals surface area contributed by atoms with Crippen LogP contribution >= 0.6 is 15.9 Å². The second-order valence-corrected chi connectivity index (χ2v) is 6.55. The molecule has 0 aliphatic carbocycles. The Morgan fingerprint density at radius 1 is 1.26 bits per heavy atom. The lowest BCUT2D eigenvalue weighted by Crippen LogP contribution is -2.21. The highest BCUT2D eigenvalue weighted by Gasteiger charge is 2.20. The Balaban J connectivity index is 1.68. The third-order valence-corrected chi connectivity index (χ3v) is 4.63. The summed E-state index contributed by atoms with van der Waals surface area (Å²) in [5.74, 6) is -1.39. The van der Waals surface area contributed by atoms with Crippen LogP contribution in [0.5, 0.6) is 0 Å². The number of aromatic amines is 1. The van der Waals surface area contributed by atoms with Gasteiger partial charge in [-0.15, -0.1) is 0 Å². The lowest BCUT2D eigenvalue weighted by Gasteiger charge is -2.07. The average molecular weight is 432 g/mol. The summed E-state index contributed by atoms with van der Waals surface area (Å²) in [4.78, 5) is 37.7. The normalized spacial score (nSPS) is 10.6. The molecule has 0 radical (unpaired) electrons. The highest BCUT2D eigenvalue weighted by atomic mass is 79.9. The van der Waals surface area contributed by atoms with Crippen molar-refractivity contribution in [3.8, 4) is 0 Å². The fourth-order valence-electron chi connectivity index (χ4n) is 2.54. The summed E-state index contributed by atoms with van der Waals surface area (Å²) in [5.41, 5.74) is 1.43. The zero-order valence-corrected chi connectivity index (χ0v) is 15.7. The van der Waals surface area contributed by atoms with Crippen molar-refractivity contribution in [2.45, 2.75) is 6.92 Å². The number of carbonyl (C=O) groups excluding carboxylic acids is 2. The molecule has 1 amide bonds. The minimum Gasteiger partial charge on any atom is -0.451 e. The molecule has 138 valence electrons. The first-order valence-corrected chi connectivity index (χ1v) is 8.64. The van der Waals surface area contributed by atoms with Crippen LogP contribution in [0.2, 0.25) is 0 Å². The van der Waals surface area contributed by atoms with Crippen molar-refractivity contribution in [1.82, 2.24) is 4.98 Å². The number of amides is 1. The van der Waals surface area contributed by atoms with Crippen LogP contribution in [-0.4, -0.2) is 28.4 Å². The largest absolute Gasteiger partial charge is 0.451 e. The van der Waals surface area contributed by atoms with Crippen LogP contribution in [0.3, 0.4) is 0 Å². The minimum absolute atomic E-state index is 0.0402. The van der Waals surface area contributed by atoms with E-state index in [1.165, 1.54) is 12.1 Å². The van der Waals surface area contributed by atoms with E-state index in [1.807, 2.05) is 18.2 Å². The van der Waals surface area contributed by atoms with Crippen molar-refractivity contribution in [1.29, 1.82) is 0 Å². The van der Waals surface area contributed by atoms with E-state index in [0.717, 1.165) is 10.9 Å². The zero-order chi connectivity index (χ0) is 19.6. The number of H-pyrrole nitrogens is 1. The molecular formula is C18H14BrN3O5. The molecule has 1 heterocycles. The van der Waals surface area contributed by atoms with E-state index >= 15 is 0 Å². The third kappa shape index (κ3) is 3.98. The van der Waals surface area contributed by atoms with E-state index in [2.05, 4.69) is 26.2 Å². The topological polar surface area (TPSA) is 114 Å². The smallest absolute Gasteiger partial charge is 0.356 e. The second kappa shape index (κ2) is 7.58. The van der Waals surface area contributed by atoms with Gasteiger partial charge in [-0.2, -0.15) is 0 Å². The number of nitrogens with one attached hydrogen (secondary N) is 2. The van der Waals surface area contributed by atoms with Crippen molar-refractivity contribution in [2.75, 3.05) is 11.9 Å². The fourth-order valence-corrected chi connectivity index (χ4v) is 3.14. The number of benzene rings is 2. The second-order valence-electron chi connectivity index (χ2n) is 5.76. The van der Waals surface area contributed by atoms with Crippen molar-refractivity contribution >= 4 is 50.1 Å². The van der Waals surface area contributed by atoms with Crippen LogP contribution in [0, 0.1) is 17.0 Å². The van der Waals surface area contributed by atoms with E-state index in [-0.39, 0.29) is 17.1 Å². The van der Waals surface area contributed by atoms with Crippen LogP contribution in [0.1, 0.15) is 16.1 Å². The molecule has 27 heavy (non-hydrogen) atoms. The molecule has 0 atom stereocenters. The number of carbonyl (C=O) groups is 2. The molecule has 3 rings (SSSR count). The van der Waals surface area contributed by atoms with Gasteiger partial charge in [-0.1, -0.05) is 24.3 Å². The van der Waals surface area contributed by atoms with Gasteiger partial charge in [0.15, 0.2) is 6.61 Å². The SMILES string of the molecule is Cc1ccc(NC(=O)COC(=O)c2[nH]c3ccccc3c2Br)c([N+](=O)[O-])c1. The zero-order valence-electron chi connectivity index (χ0n) is 14.1. The lowest BCUT2D eigenvalue weighted by molar-refractivity contribution is -0.384. The first-order chi connectivity index (χ1) is 12.9. The molecule has 0 saturated heterocycles. The lowest BCUT2D eigenvalue weighted by atomic mass is 10.2. The number of nitro groups is 1. The van der Waals surface area contributed by atoms with Gasteiger partial charge in [0.25, 0.3) is 11.6 Å². The van der Waals surface area contributed by atoms with Crippen LogP contribution in [0.25, 0.3) is 10.9 Å². The van der Waals surface area contributed by atoms with Crippen LogP contribution in [-0.2, 0) is 9.53 Å². The standard InChI is InChI=1S/C18H14BrN3O5/c1-10-6-7-13(14(8-10)22(25)26)20-15(23)9-27-18(24)17-16(19)11-4-2-3-5-12(11)21-17/h2-8,21H,9H2,1H3,(H,20,23). The number of esters is 1. The van der Waals surface area contributed by atoms with Crippen LogP contribution < -0.4 is 5.32 Å². The monoisotopic (exact) mass is 431 g/mol. The molecule has 0 spiro atoms. The van der Waals surface area contributed by atoms with Crippen molar-refractivity contribution in [3.63, 3.8) is 0 Å². The maximum Gasteiger partial charge on any atom is 0.356 e. The number of anilines is 1. The minimum atomic E-state index is -0.716. The molecule has 3 aromatic rings. The molecule has 8 nitrogen and oxygen atoms in total. The van der Waals surface area contributed by atoms with Gasteiger partial charge in [0.1, 0.15) is 11.4 Å². The third-order valence-electron chi connectivity index (χ3n) is 3.81. The number of rotatable bonds is 5. The van der Waals surface area contributed by atoms with Gasteiger partial charge >= 0.3 is 5.97 Å². The predicted molar refractivity (Wildman–Crippen MR) is 103 cm³/mol. The maximum atomic E-state index is 12.2. The number of hydrogen-bond donors (Lipinski definition) is 2. The Kier molecular flexibility index (Phi) is 5.22. The molecule has 0 aliphatic rings. The molecule has 1 aromatic heterocycles. The Morgan fingerprint density at radius 3 is 2.70 bits per heavy atom. The van der Waals surface area contributed by atoms with Crippen molar-refractivity contribution < 1.29 is 19.2 Å². The van der Waals surface area contributed by atoms with Crippen LogP contribution in [0.4, 0.5) is 11.4 Å². The molecule has 0 fully saturated rings. The van der Waals surface area contributed by atoms with E-state index in [4.69, 9.17) is 4.74 Å². The van der Waals surface area contributed by atoms with Gasteiger partial charge in [-0.3, -0.25) is 14.9 Å². The maximum absolute atomic E-state index is 12.2. The first-order valence-electron chi connectivity index (χ1n) is 7.85. The predicted octanol–water partition coefficient (Wildman–Crippen LogP) is 3.94. The van der Waals surface area contributed by atoms with E-state index in [0.29, 0.717) is 10.0 Å². The molecule has 2 N–H and O–H groups in total. The summed E-state index contributed by atoms with van der Waals surface area (Å²) in [5, 5.41) is 14.3. The Hall–Kier alpha value is -3.20. The molecular weight excluding hydrogens is 418 g/mol. The first kappa shape index (κ1) is 18.6. The van der Waals surface area contributed by atoms with Crippen molar-refractivity contribution in [3.05, 3.63) is 68.3 Å². The van der Waals surface area contributed by atoms with E-state index < -0.39 is 23.4 Å². The molecule has 9 heteroatoms. The molecule has 2 aromatic carbocycles. The number of nitrogens with zero attached hydrogens (tertiary/aromatic N) is 1. The highest BCUT2D eigenvalue weighted by molar-refractivity contribution is 9.10. The number of aryl methyl sites for hydroxylation is 1. The molecule has 0 saturated carbocycles. The number of hydrogen-bond acceptors (Lipinski definition) is 5. The number of halogens is 1. The summed E-state index contributed by atoms with van der Waals surface area (Å²) in [6.45, 7) is 1.13.